The van der Waals surface area contributed by atoms with Gasteiger partial charge in [0, 0.05) is 17.4 Å². The largest absolute Gasteiger partial charge is 0.497 e. The number of amides is 3. The SMILES string of the molecule is C=CC[C@@H]1C[C@@]1(NC(=O)[C@@H]1C[C@@H](n2nnc(-c3ccc(OC)cc3)n2)CC1C(=O)C(NC(=O)OCCF)C(C)(C)C)C(=O)NS(=O)(=O)C1CC1. The number of rotatable bonds is 15. The van der Waals surface area contributed by atoms with Crippen molar-refractivity contribution in [1.29, 1.82) is 0 Å². The molecule has 2 unspecified atom stereocenters. The number of hydrogen-bond donors (Lipinski definition) is 3. The third-order valence-electron chi connectivity index (χ3n) is 9.57. The first kappa shape index (κ1) is 36.9. The number of carbonyl (C=O) groups excluding carboxylic acids is 4. The van der Waals surface area contributed by atoms with Crippen molar-refractivity contribution in [2.45, 2.75) is 82.2 Å². The monoisotopic (exact) mass is 717 g/mol. The van der Waals surface area contributed by atoms with Crippen LogP contribution in [0, 0.1) is 23.2 Å². The molecule has 0 spiro atoms. The number of benzene rings is 1. The predicted molar refractivity (Wildman–Crippen MR) is 178 cm³/mol. The summed E-state index contributed by atoms with van der Waals surface area (Å²) in [5.41, 5.74) is -1.69. The van der Waals surface area contributed by atoms with Crippen LogP contribution in [0.4, 0.5) is 9.18 Å². The first-order valence-electron chi connectivity index (χ1n) is 16.6. The fourth-order valence-electron chi connectivity index (χ4n) is 6.56. The first-order chi connectivity index (χ1) is 23.6. The number of nitrogens with one attached hydrogen (secondary N) is 3. The lowest BCUT2D eigenvalue weighted by molar-refractivity contribution is -0.137. The number of ketones is 1. The van der Waals surface area contributed by atoms with Gasteiger partial charge in [0.15, 0.2) is 5.78 Å². The van der Waals surface area contributed by atoms with Gasteiger partial charge in [0.25, 0.3) is 5.91 Å². The molecule has 3 N–H and O–H groups in total. The van der Waals surface area contributed by atoms with Gasteiger partial charge in [-0.25, -0.2) is 17.6 Å². The van der Waals surface area contributed by atoms with Gasteiger partial charge in [-0.05, 0) is 79.3 Å². The van der Waals surface area contributed by atoms with Crippen molar-refractivity contribution in [2.75, 3.05) is 20.4 Å². The zero-order chi connectivity index (χ0) is 36.4. The number of nitrogens with zero attached hydrogens (tertiary/aromatic N) is 4. The van der Waals surface area contributed by atoms with Gasteiger partial charge in [0.05, 0.1) is 24.4 Å². The highest BCUT2D eigenvalue weighted by Crippen LogP contribution is 2.49. The Bertz CT molecular complexity index is 1720. The van der Waals surface area contributed by atoms with E-state index in [1.54, 1.807) is 58.2 Å². The van der Waals surface area contributed by atoms with Crippen LogP contribution in [0.25, 0.3) is 11.4 Å². The molecule has 0 bridgehead atoms. The molecule has 0 radical (unpaired) electrons. The van der Waals surface area contributed by atoms with Gasteiger partial charge in [0.1, 0.15) is 24.6 Å². The number of allylic oxidation sites excluding steroid dienone is 1. The number of ether oxygens (including phenoxy) is 2. The van der Waals surface area contributed by atoms with Crippen LogP contribution < -0.4 is 20.1 Å². The Morgan fingerprint density at radius 1 is 1.14 bits per heavy atom. The number of hydrogen-bond acceptors (Lipinski definition) is 11. The summed E-state index contributed by atoms with van der Waals surface area (Å²) in [6.45, 7) is 7.53. The fourth-order valence-corrected chi connectivity index (χ4v) is 7.92. The van der Waals surface area contributed by atoms with Crippen molar-refractivity contribution < 1.29 is 41.5 Å². The lowest BCUT2D eigenvalue weighted by atomic mass is 9.77. The van der Waals surface area contributed by atoms with Crippen molar-refractivity contribution in [1.82, 2.24) is 35.6 Å². The summed E-state index contributed by atoms with van der Waals surface area (Å²) in [5, 5.41) is 17.7. The molecule has 1 aromatic heterocycles. The topological polar surface area (TPSA) is 201 Å². The highest BCUT2D eigenvalue weighted by molar-refractivity contribution is 7.91. The Labute approximate surface area is 290 Å². The second kappa shape index (κ2) is 14.4. The number of Topliss-reactive ketones (excluding diaryl/α,β-unsaturated/α-hetero) is 1. The fraction of sp³-hybridized carbons (Fsp3) is 0.606. The minimum atomic E-state index is -3.90. The summed E-state index contributed by atoms with van der Waals surface area (Å²) < 4.78 is 50.3. The van der Waals surface area contributed by atoms with E-state index in [2.05, 4.69) is 37.3 Å². The van der Waals surface area contributed by atoms with Gasteiger partial charge >= 0.3 is 6.09 Å². The van der Waals surface area contributed by atoms with E-state index >= 15 is 0 Å². The second-order valence-corrected chi connectivity index (χ2v) is 16.2. The number of aromatic nitrogens is 4. The minimum Gasteiger partial charge on any atom is -0.497 e. The lowest BCUT2D eigenvalue weighted by Crippen LogP contribution is -2.56. The van der Waals surface area contributed by atoms with Gasteiger partial charge < -0.3 is 20.1 Å². The van der Waals surface area contributed by atoms with Crippen molar-refractivity contribution in [3.63, 3.8) is 0 Å². The zero-order valence-electron chi connectivity index (χ0n) is 28.6. The Morgan fingerprint density at radius 2 is 1.82 bits per heavy atom. The molecular weight excluding hydrogens is 673 g/mol. The lowest BCUT2D eigenvalue weighted by Gasteiger charge is -2.33. The molecule has 3 amide bonds. The molecule has 2 aromatic rings. The van der Waals surface area contributed by atoms with Gasteiger partial charge in [-0.3, -0.25) is 19.1 Å². The standard InChI is InChI=1S/C33H44FN7O8S/c1-6-7-20-18-33(20,30(44)39-50(46,47)23-12-13-23)36-29(43)25-17-21(41-38-28(37-40-41)19-8-10-22(48-5)11-9-19)16-24(25)26(42)27(32(2,3)4)35-31(45)49-15-14-34/h6,8-11,20-21,23-25,27H,1,7,12-18H2,2-5H3,(H,35,45)(H,36,43)(H,39,44)/t20-,21+,24?,25-,27?,33+/m1/s1. The minimum absolute atomic E-state index is 0.0774. The van der Waals surface area contributed by atoms with Gasteiger partial charge in [0.2, 0.25) is 21.8 Å². The first-order valence-corrected chi connectivity index (χ1v) is 18.1. The molecule has 6 atom stereocenters. The van der Waals surface area contributed by atoms with E-state index in [0.29, 0.717) is 36.4 Å². The van der Waals surface area contributed by atoms with Crippen LogP contribution in [-0.4, -0.2) is 89.5 Å². The Hall–Kier alpha value is -4.41. The summed E-state index contributed by atoms with van der Waals surface area (Å²) in [6.07, 6.45) is 2.22. The quantitative estimate of drug-likeness (QED) is 0.229. The van der Waals surface area contributed by atoms with Gasteiger partial charge in [-0.1, -0.05) is 26.8 Å². The molecule has 272 valence electrons. The third kappa shape index (κ3) is 7.97. The molecule has 5 rings (SSSR count). The average molecular weight is 718 g/mol. The van der Waals surface area contributed by atoms with Crippen LogP contribution in [-0.2, 0) is 29.1 Å². The smallest absolute Gasteiger partial charge is 0.407 e. The number of sulfonamides is 1. The number of alkyl carbamates (subject to hydrolysis) is 1. The van der Waals surface area contributed by atoms with Gasteiger partial charge in [-0.15, -0.1) is 16.8 Å². The highest BCUT2D eigenvalue weighted by Gasteiger charge is 2.62. The van der Waals surface area contributed by atoms with E-state index in [1.807, 2.05) is 0 Å². The number of tetrazole rings is 1. The van der Waals surface area contributed by atoms with Crippen LogP contribution in [0.3, 0.4) is 0 Å². The van der Waals surface area contributed by atoms with E-state index in [9.17, 15) is 32.0 Å². The maximum Gasteiger partial charge on any atom is 0.407 e. The van der Waals surface area contributed by atoms with Crippen LogP contribution in [0.5, 0.6) is 5.75 Å². The molecule has 50 heavy (non-hydrogen) atoms. The Morgan fingerprint density at radius 3 is 2.42 bits per heavy atom. The van der Waals surface area contributed by atoms with Crippen LogP contribution in [0.2, 0.25) is 0 Å². The summed E-state index contributed by atoms with van der Waals surface area (Å²) in [4.78, 5) is 56.0. The van der Waals surface area contributed by atoms with Crippen LogP contribution in [0.15, 0.2) is 36.9 Å². The van der Waals surface area contributed by atoms with E-state index in [4.69, 9.17) is 9.47 Å². The molecule has 17 heteroatoms. The molecule has 15 nitrogen and oxygen atoms in total. The van der Waals surface area contributed by atoms with Gasteiger partial charge in [-0.2, -0.15) is 4.80 Å². The molecule has 1 aromatic carbocycles. The van der Waals surface area contributed by atoms with Crippen molar-refractivity contribution in [2.24, 2.45) is 23.2 Å². The number of alkyl halides is 1. The maximum absolute atomic E-state index is 14.4. The molecule has 3 fully saturated rings. The highest BCUT2D eigenvalue weighted by atomic mass is 32.2. The Balaban J connectivity index is 1.43. The molecule has 3 saturated carbocycles. The third-order valence-corrected chi connectivity index (χ3v) is 11.4. The Kier molecular flexibility index (Phi) is 10.6. The van der Waals surface area contributed by atoms with E-state index < -0.39 is 93.0 Å². The van der Waals surface area contributed by atoms with E-state index in [0.717, 1.165) is 0 Å². The van der Waals surface area contributed by atoms with Crippen molar-refractivity contribution >= 4 is 33.7 Å². The van der Waals surface area contributed by atoms with E-state index in [-0.39, 0.29) is 19.3 Å². The molecular formula is C33H44FN7O8S. The van der Waals surface area contributed by atoms with Crippen molar-refractivity contribution in [3.05, 3.63) is 36.9 Å². The average Bonchev–Trinajstić information content (AvgIpc) is 3.94. The normalized spacial score (nSPS) is 25.2. The maximum atomic E-state index is 14.4. The van der Waals surface area contributed by atoms with Crippen LogP contribution in [0.1, 0.15) is 65.3 Å². The summed E-state index contributed by atoms with van der Waals surface area (Å²) in [7, 11) is -2.35. The molecule has 3 aliphatic rings. The van der Waals surface area contributed by atoms with Crippen molar-refractivity contribution in [3.8, 4) is 17.1 Å². The molecule has 3 aliphatic carbocycles. The number of methoxy groups -OCH3 is 1. The molecule has 0 saturated heterocycles. The zero-order valence-corrected chi connectivity index (χ0v) is 29.4. The van der Waals surface area contributed by atoms with E-state index in [1.165, 1.54) is 4.80 Å². The second-order valence-electron chi connectivity index (χ2n) is 14.2. The summed E-state index contributed by atoms with van der Waals surface area (Å²) in [6, 6.07) is 5.31. The van der Waals surface area contributed by atoms with Crippen LogP contribution >= 0.6 is 0 Å². The summed E-state index contributed by atoms with van der Waals surface area (Å²) >= 11 is 0. The number of carbonyl (C=O) groups is 4. The number of halogens is 1. The predicted octanol–water partition coefficient (Wildman–Crippen LogP) is 2.65. The summed E-state index contributed by atoms with van der Waals surface area (Å²) in [5.74, 6) is -3.38. The molecule has 1 heterocycles. The molecule has 0 aliphatic heterocycles.